The van der Waals surface area contributed by atoms with Crippen molar-refractivity contribution < 1.29 is 14.6 Å². The van der Waals surface area contributed by atoms with Crippen LogP contribution in [-0.4, -0.2) is 23.7 Å². The molecule has 0 heterocycles. The monoisotopic (exact) mass is 243 g/mol. The Labute approximate surface area is 99.0 Å². The lowest BCUT2D eigenvalue weighted by Crippen LogP contribution is -2.30. The van der Waals surface area contributed by atoms with Crippen LogP contribution in [0.15, 0.2) is 24.3 Å². The van der Waals surface area contributed by atoms with Crippen LogP contribution in [0.2, 0.25) is 5.02 Å². The highest BCUT2D eigenvalue weighted by molar-refractivity contribution is 6.30. The molecule has 1 aromatic rings. The molecule has 1 rings (SSSR count). The van der Waals surface area contributed by atoms with Crippen molar-refractivity contribution in [3.63, 3.8) is 0 Å². The molecular weight excluding hydrogens is 230 g/mol. The molecule has 0 amide bonds. The Morgan fingerprint density at radius 2 is 2.06 bits per heavy atom. The van der Waals surface area contributed by atoms with Crippen LogP contribution in [0.4, 0.5) is 0 Å². The largest absolute Gasteiger partial charge is 0.494 e. The van der Waals surface area contributed by atoms with E-state index in [1.54, 1.807) is 24.3 Å². The highest BCUT2D eigenvalue weighted by Crippen LogP contribution is 2.15. The molecule has 5 heteroatoms. The lowest BCUT2D eigenvalue weighted by Gasteiger charge is -2.08. The average Bonchev–Trinajstić information content (AvgIpc) is 2.26. The average molecular weight is 244 g/mol. The van der Waals surface area contributed by atoms with E-state index in [2.05, 4.69) is 0 Å². The Hall–Kier alpha value is -1.26. The van der Waals surface area contributed by atoms with Gasteiger partial charge in [0.25, 0.3) is 0 Å². The highest BCUT2D eigenvalue weighted by atomic mass is 35.5. The normalized spacial score (nSPS) is 12.1. The quantitative estimate of drug-likeness (QED) is 0.749. The number of rotatable bonds is 6. The van der Waals surface area contributed by atoms with Gasteiger partial charge in [-0.1, -0.05) is 11.6 Å². The van der Waals surface area contributed by atoms with Gasteiger partial charge in [0.2, 0.25) is 0 Å². The summed E-state index contributed by atoms with van der Waals surface area (Å²) in [5, 5.41) is 9.20. The summed E-state index contributed by atoms with van der Waals surface area (Å²) in [5.74, 6) is -0.264. The Kier molecular flexibility index (Phi) is 5.08. The molecule has 88 valence electrons. The van der Waals surface area contributed by atoms with E-state index in [1.807, 2.05) is 0 Å². The number of carboxylic acid groups (broad SMARTS) is 1. The van der Waals surface area contributed by atoms with E-state index in [0.29, 0.717) is 30.2 Å². The molecule has 0 spiro atoms. The number of hydrogen-bond donors (Lipinski definition) is 2. The molecule has 4 nitrogen and oxygen atoms in total. The fraction of sp³-hybridized carbons (Fsp3) is 0.364. The predicted octanol–water partition coefficient (Wildman–Crippen LogP) is 1.91. The van der Waals surface area contributed by atoms with E-state index in [-0.39, 0.29) is 0 Å². The van der Waals surface area contributed by atoms with Gasteiger partial charge in [-0.25, -0.2) is 0 Å². The van der Waals surface area contributed by atoms with E-state index in [4.69, 9.17) is 27.2 Å². The molecular formula is C11H14ClNO3. The minimum atomic E-state index is -0.980. The zero-order valence-electron chi connectivity index (χ0n) is 8.73. The first-order valence-corrected chi connectivity index (χ1v) is 5.34. The summed E-state index contributed by atoms with van der Waals surface area (Å²) in [5.41, 5.74) is 5.34. The molecule has 0 aliphatic carbocycles. The standard InChI is InChI=1S/C11H14ClNO3/c12-8-3-5-9(6-4-8)16-7-1-2-10(13)11(14)15/h3-6,10H,1-2,7,13H2,(H,14,15). The van der Waals surface area contributed by atoms with Crippen molar-refractivity contribution in [2.45, 2.75) is 18.9 Å². The zero-order chi connectivity index (χ0) is 12.0. The maximum absolute atomic E-state index is 10.4. The number of aliphatic carboxylic acids is 1. The Morgan fingerprint density at radius 1 is 1.44 bits per heavy atom. The van der Waals surface area contributed by atoms with Crippen LogP contribution >= 0.6 is 11.6 Å². The SMILES string of the molecule is NC(CCCOc1ccc(Cl)cc1)C(=O)O. The predicted molar refractivity (Wildman–Crippen MR) is 61.8 cm³/mol. The Balaban J connectivity index is 2.21. The summed E-state index contributed by atoms with van der Waals surface area (Å²) in [4.78, 5) is 10.4. The number of nitrogens with two attached hydrogens (primary N) is 1. The van der Waals surface area contributed by atoms with E-state index in [9.17, 15) is 4.79 Å². The Morgan fingerprint density at radius 3 is 2.62 bits per heavy atom. The molecule has 16 heavy (non-hydrogen) atoms. The maximum Gasteiger partial charge on any atom is 0.320 e. The molecule has 1 atom stereocenters. The van der Waals surface area contributed by atoms with Crippen molar-refractivity contribution >= 4 is 17.6 Å². The van der Waals surface area contributed by atoms with Gasteiger partial charge in [0, 0.05) is 5.02 Å². The van der Waals surface area contributed by atoms with Crippen LogP contribution in [0.25, 0.3) is 0 Å². The molecule has 0 radical (unpaired) electrons. The van der Waals surface area contributed by atoms with Crippen LogP contribution in [0.1, 0.15) is 12.8 Å². The summed E-state index contributed by atoms with van der Waals surface area (Å²) in [6, 6.07) is 6.19. The van der Waals surface area contributed by atoms with Crippen LogP contribution in [0.5, 0.6) is 5.75 Å². The first-order chi connectivity index (χ1) is 7.59. The first kappa shape index (κ1) is 12.8. The number of carbonyl (C=O) groups is 1. The minimum Gasteiger partial charge on any atom is -0.494 e. The van der Waals surface area contributed by atoms with Gasteiger partial charge in [-0.15, -0.1) is 0 Å². The highest BCUT2D eigenvalue weighted by Gasteiger charge is 2.10. The second-order valence-corrected chi connectivity index (χ2v) is 3.83. The van der Waals surface area contributed by atoms with Gasteiger partial charge in [-0.3, -0.25) is 4.79 Å². The van der Waals surface area contributed by atoms with Crippen LogP contribution < -0.4 is 10.5 Å². The van der Waals surface area contributed by atoms with Gasteiger partial charge in [-0.05, 0) is 37.1 Å². The minimum absolute atomic E-state index is 0.406. The van der Waals surface area contributed by atoms with Gasteiger partial charge in [0.15, 0.2) is 0 Å². The summed E-state index contributed by atoms with van der Waals surface area (Å²) in [7, 11) is 0. The van der Waals surface area contributed by atoms with E-state index in [0.717, 1.165) is 0 Å². The van der Waals surface area contributed by atoms with E-state index >= 15 is 0 Å². The molecule has 0 aliphatic heterocycles. The van der Waals surface area contributed by atoms with E-state index in [1.165, 1.54) is 0 Å². The van der Waals surface area contributed by atoms with Crippen LogP contribution in [0.3, 0.4) is 0 Å². The summed E-state index contributed by atoms with van der Waals surface area (Å²) in [6.45, 7) is 0.447. The molecule has 0 bridgehead atoms. The van der Waals surface area contributed by atoms with Gasteiger partial charge in [0.1, 0.15) is 11.8 Å². The maximum atomic E-state index is 10.4. The fourth-order valence-corrected chi connectivity index (χ4v) is 1.27. The molecule has 0 saturated heterocycles. The first-order valence-electron chi connectivity index (χ1n) is 4.96. The molecule has 0 aromatic heterocycles. The second kappa shape index (κ2) is 6.35. The number of halogens is 1. The van der Waals surface area contributed by atoms with Crippen molar-refractivity contribution in [3.05, 3.63) is 29.3 Å². The van der Waals surface area contributed by atoms with Crippen molar-refractivity contribution in [1.82, 2.24) is 0 Å². The smallest absolute Gasteiger partial charge is 0.320 e. The van der Waals surface area contributed by atoms with Crippen molar-refractivity contribution in [2.24, 2.45) is 5.73 Å². The van der Waals surface area contributed by atoms with Gasteiger partial charge < -0.3 is 15.6 Å². The third-order valence-electron chi connectivity index (χ3n) is 2.06. The number of ether oxygens (including phenoxy) is 1. The van der Waals surface area contributed by atoms with Gasteiger partial charge in [-0.2, -0.15) is 0 Å². The molecule has 0 fully saturated rings. The number of hydrogen-bond acceptors (Lipinski definition) is 3. The van der Waals surface area contributed by atoms with Crippen molar-refractivity contribution in [2.75, 3.05) is 6.61 Å². The van der Waals surface area contributed by atoms with Gasteiger partial charge in [0.05, 0.1) is 6.61 Å². The molecule has 1 unspecified atom stereocenters. The number of benzene rings is 1. The third-order valence-corrected chi connectivity index (χ3v) is 2.31. The lowest BCUT2D eigenvalue weighted by atomic mass is 10.2. The van der Waals surface area contributed by atoms with Crippen LogP contribution in [0, 0.1) is 0 Å². The molecule has 0 saturated carbocycles. The zero-order valence-corrected chi connectivity index (χ0v) is 9.48. The third kappa shape index (κ3) is 4.51. The van der Waals surface area contributed by atoms with Gasteiger partial charge >= 0.3 is 5.97 Å². The molecule has 3 N–H and O–H groups in total. The van der Waals surface area contributed by atoms with Crippen molar-refractivity contribution in [1.29, 1.82) is 0 Å². The fourth-order valence-electron chi connectivity index (χ4n) is 1.15. The number of carboxylic acids is 1. The van der Waals surface area contributed by atoms with E-state index < -0.39 is 12.0 Å². The second-order valence-electron chi connectivity index (χ2n) is 3.39. The summed E-state index contributed by atoms with van der Waals surface area (Å²) >= 11 is 5.71. The Bertz CT molecular complexity index is 340. The molecule has 0 aliphatic rings. The topological polar surface area (TPSA) is 72.5 Å². The summed E-state index contributed by atoms with van der Waals surface area (Å²) in [6.07, 6.45) is 1.01. The lowest BCUT2D eigenvalue weighted by molar-refractivity contribution is -0.138. The molecule has 1 aromatic carbocycles. The van der Waals surface area contributed by atoms with Crippen LogP contribution in [-0.2, 0) is 4.79 Å². The van der Waals surface area contributed by atoms with Crippen molar-refractivity contribution in [3.8, 4) is 5.75 Å². The summed E-state index contributed by atoms with van der Waals surface area (Å²) < 4.78 is 5.38.